The van der Waals surface area contributed by atoms with Gasteiger partial charge in [0.15, 0.2) is 0 Å². The molecule has 0 saturated carbocycles. The molecular formula is C20H14F3NO2. The summed E-state index contributed by atoms with van der Waals surface area (Å²) in [5.41, 5.74) is -0.950. The summed E-state index contributed by atoms with van der Waals surface area (Å²) in [7, 11) is 0. The van der Waals surface area contributed by atoms with Gasteiger partial charge in [-0.2, -0.15) is 13.2 Å². The molecule has 0 aromatic heterocycles. The van der Waals surface area contributed by atoms with Crippen molar-refractivity contribution < 1.29 is 22.7 Å². The normalized spacial score (nSPS) is 11.0. The maximum Gasteiger partial charge on any atom is 0.418 e. The lowest BCUT2D eigenvalue weighted by Crippen LogP contribution is -2.16. The maximum absolute atomic E-state index is 13.0. The van der Waals surface area contributed by atoms with Crippen LogP contribution in [0.3, 0.4) is 0 Å². The van der Waals surface area contributed by atoms with Gasteiger partial charge >= 0.3 is 6.18 Å². The van der Waals surface area contributed by atoms with E-state index >= 15 is 0 Å². The van der Waals surface area contributed by atoms with Crippen LogP contribution in [0.2, 0.25) is 0 Å². The minimum atomic E-state index is -4.54. The zero-order valence-corrected chi connectivity index (χ0v) is 13.5. The lowest BCUT2D eigenvalue weighted by atomic mass is 10.1. The lowest BCUT2D eigenvalue weighted by Gasteiger charge is -2.13. The van der Waals surface area contributed by atoms with Gasteiger partial charge in [-0.25, -0.2) is 0 Å². The van der Waals surface area contributed by atoms with Gasteiger partial charge in [-0.3, -0.25) is 4.79 Å². The topological polar surface area (TPSA) is 38.3 Å². The van der Waals surface area contributed by atoms with Crippen molar-refractivity contribution in [1.82, 2.24) is 0 Å². The van der Waals surface area contributed by atoms with Crippen molar-refractivity contribution in [3.05, 3.63) is 90.0 Å². The molecule has 0 aliphatic rings. The standard InChI is InChI=1S/C20H14F3NO2/c21-20(22,23)17-8-4-5-9-18(17)24-19(25)14-10-12-16(13-11-14)26-15-6-2-1-3-7-15/h1-13H,(H,24,25). The highest BCUT2D eigenvalue weighted by Crippen LogP contribution is 2.34. The molecule has 3 aromatic carbocycles. The summed E-state index contributed by atoms with van der Waals surface area (Å²) in [6, 6.07) is 20.1. The molecule has 26 heavy (non-hydrogen) atoms. The van der Waals surface area contributed by atoms with E-state index in [0.717, 1.165) is 6.07 Å². The van der Waals surface area contributed by atoms with E-state index in [-0.39, 0.29) is 11.3 Å². The predicted octanol–water partition coefficient (Wildman–Crippen LogP) is 5.75. The Morgan fingerprint density at radius 1 is 0.769 bits per heavy atom. The van der Waals surface area contributed by atoms with Crippen molar-refractivity contribution >= 4 is 11.6 Å². The molecule has 0 spiro atoms. The Hall–Kier alpha value is -3.28. The molecule has 1 N–H and O–H groups in total. The fourth-order valence-corrected chi connectivity index (χ4v) is 2.33. The van der Waals surface area contributed by atoms with Gasteiger partial charge in [-0.05, 0) is 48.5 Å². The summed E-state index contributed by atoms with van der Waals surface area (Å²) in [5.74, 6) is 0.528. The molecule has 0 radical (unpaired) electrons. The first-order valence-corrected chi connectivity index (χ1v) is 7.74. The summed E-state index contributed by atoms with van der Waals surface area (Å²) >= 11 is 0. The molecule has 0 aliphatic carbocycles. The molecule has 3 rings (SSSR count). The molecule has 132 valence electrons. The van der Waals surface area contributed by atoms with Gasteiger partial charge < -0.3 is 10.1 Å². The monoisotopic (exact) mass is 357 g/mol. The number of hydrogen-bond acceptors (Lipinski definition) is 2. The summed E-state index contributed by atoms with van der Waals surface area (Å²) in [4.78, 5) is 12.2. The van der Waals surface area contributed by atoms with Crippen molar-refractivity contribution in [1.29, 1.82) is 0 Å². The maximum atomic E-state index is 13.0. The number of carbonyl (C=O) groups is 1. The molecule has 3 aromatic rings. The Kier molecular flexibility index (Phi) is 4.93. The van der Waals surface area contributed by atoms with E-state index in [1.165, 1.54) is 30.3 Å². The average molecular weight is 357 g/mol. The molecule has 0 saturated heterocycles. The number of rotatable bonds is 4. The van der Waals surface area contributed by atoms with E-state index in [4.69, 9.17) is 4.74 Å². The molecule has 0 heterocycles. The lowest BCUT2D eigenvalue weighted by molar-refractivity contribution is -0.136. The number of amides is 1. The van der Waals surface area contributed by atoms with Crippen molar-refractivity contribution in [2.75, 3.05) is 5.32 Å². The first kappa shape index (κ1) is 17.5. The highest BCUT2D eigenvalue weighted by molar-refractivity contribution is 6.04. The Bertz CT molecular complexity index is 891. The van der Waals surface area contributed by atoms with Crippen LogP contribution in [0, 0.1) is 0 Å². The summed E-state index contributed by atoms with van der Waals surface area (Å²) in [6.45, 7) is 0. The summed E-state index contributed by atoms with van der Waals surface area (Å²) in [6.07, 6.45) is -4.54. The minimum absolute atomic E-state index is 0.224. The molecule has 0 aliphatic heterocycles. The first-order chi connectivity index (χ1) is 12.4. The number of anilines is 1. The van der Waals surface area contributed by atoms with Crippen LogP contribution in [0.4, 0.5) is 18.9 Å². The van der Waals surface area contributed by atoms with Crippen LogP contribution < -0.4 is 10.1 Å². The highest BCUT2D eigenvalue weighted by atomic mass is 19.4. The zero-order chi connectivity index (χ0) is 18.6. The van der Waals surface area contributed by atoms with Gasteiger partial charge in [0.25, 0.3) is 5.91 Å². The fraction of sp³-hybridized carbons (Fsp3) is 0.0500. The molecular weight excluding hydrogens is 343 g/mol. The molecule has 3 nitrogen and oxygen atoms in total. The second-order valence-electron chi connectivity index (χ2n) is 5.44. The highest BCUT2D eigenvalue weighted by Gasteiger charge is 2.33. The van der Waals surface area contributed by atoms with Crippen molar-refractivity contribution in [3.63, 3.8) is 0 Å². The number of benzene rings is 3. The minimum Gasteiger partial charge on any atom is -0.457 e. The van der Waals surface area contributed by atoms with Gasteiger partial charge in [0.2, 0.25) is 0 Å². The number of hydrogen-bond donors (Lipinski definition) is 1. The van der Waals surface area contributed by atoms with Crippen molar-refractivity contribution in [3.8, 4) is 11.5 Å². The van der Waals surface area contributed by atoms with Crippen LogP contribution in [0.5, 0.6) is 11.5 Å². The number of carbonyl (C=O) groups excluding carboxylic acids is 1. The van der Waals surface area contributed by atoms with E-state index in [1.807, 2.05) is 18.2 Å². The number of halogens is 3. The Balaban J connectivity index is 1.73. The molecule has 0 atom stereocenters. The molecule has 0 fully saturated rings. The van der Waals surface area contributed by atoms with E-state index in [9.17, 15) is 18.0 Å². The van der Waals surface area contributed by atoms with Gasteiger partial charge in [0.1, 0.15) is 11.5 Å². The summed E-state index contributed by atoms with van der Waals surface area (Å²) < 4.78 is 44.6. The Morgan fingerprint density at radius 2 is 1.35 bits per heavy atom. The van der Waals surface area contributed by atoms with Crippen LogP contribution in [0.1, 0.15) is 15.9 Å². The number of ether oxygens (including phenoxy) is 1. The van der Waals surface area contributed by atoms with Crippen LogP contribution in [-0.4, -0.2) is 5.91 Å². The molecule has 0 unspecified atom stereocenters. The van der Waals surface area contributed by atoms with Gasteiger partial charge in [-0.1, -0.05) is 30.3 Å². The number of alkyl halides is 3. The second-order valence-corrected chi connectivity index (χ2v) is 5.44. The van der Waals surface area contributed by atoms with E-state index in [0.29, 0.717) is 11.5 Å². The largest absolute Gasteiger partial charge is 0.457 e. The third-order valence-electron chi connectivity index (χ3n) is 3.58. The predicted molar refractivity (Wildman–Crippen MR) is 92.4 cm³/mol. The van der Waals surface area contributed by atoms with Crippen LogP contribution >= 0.6 is 0 Å². The molecule has 6 heteroatoms. The summed E-state index contributed by atoms with van der Waals surface area (Å²) in [5, 5.41) is 2.30. The van der Waals surface area contributed by atoms with Crippen LogP contribution in [-0.2, 0) is 6.18 Å². The van der Waals surface area contributed by atoms with Gasteiger partial charge in [0, 0.05) is 5.56 Å². The van der Waals surface area contributed by atoms with E-state index < -0.39 is 17.6 Å². The van der Waals surface area contributed by atoms with Gasteiger partial charge in [-0.15, -0.1) is 0 Å². The third kappa shape index (κ3) is 4.22. The zero-order valence-electron chi connectivity index (χ0n) is 13.5. The van der Waals surface area contributed by atoms with E-state index in [2.05, 4.69) is 5.32 Å². The van der Waals surface area contributed by atoms with Crippen molar-refractivity contribution in [2.24, 2.45) is 0 Å². The van der Waals surface area contributed by atoms with E-state index in [1.54, 1.807) is 24.3 Å². The Labute approximate surface area is 148 Å². The van der Waals surface area contributed by atoms with Crippen LogP contribution in [0.25, 0.3) is 0 Å². The van der Waals surface area contributed by atoms with Gasteiger partial charge in [0.05, 0.1) is 11.3 Å². The second kappa shape index (κ2) is 7.31. The average Bonchev–Trinajstić information content (AvgIpc) is 2.63. The van der Waals surface area contributed by atoms with Crippen LogP contribution in [0.15, 0.2) is 78.9 Å². The first-order valence-electron chi connectivity index (χ1n) is 7.74. The fourth-order valence-electron chi connectivity index (χ4n) is 2.33. The quantitative estimate of drug-likeness (QED) is 0.646. The number of nitrogens with one attached hydrogen (secondary N) is 1. The number of para-hydroxylation sites is 2. The smallest absolute Gasteiger partial charge is 0.418 e. The van der Waals surface area contributed by atoms with Crippen molar-refractivity contribution in [2.45, 2.75) is 6.18 Å². The third-order valence-corrected chi connectivity index (χ3v) is 3.58. The molecule has 0 bridgehead atoms. The Morgan fingerprint density at radius 3 is 2.00 bits per heavy atom. The SMILES string of the molecule is O=C(Nc1ccccc1C(F)(F)F)c1ccc(Oc2ccccc2)cc1. The molecule has 1 amide bonds.